The number of benzene rings is 3. The average Bonchev–Trinajstić information content (AvgIpc) is 3.19. The van der Waals surface area contributed by atoms with E-state index < -0.39 is 0 Å². The summed E-state index contributed by atoms with van der Waals surface area (Å²) in [6.45, 7) is 2.10. The number of nitrogens with one attached hydrogen (secondary N) is 1. The van der Waals surface area contributed by atoms with E-state index in [1.807, 2.05) is 25.1 Å². The second-order valence-electron chi connectivity index (χ2n) is 7.17. The smallest absolute Gasteiger partial charge is 0.261 e. The molecule has 0 atom stereocenters. The van der Waals surface area contributed by atoms with Gasteiger partial charge in [0, 0.05) is 18.3 Å². The summed E-state index contributed by atoms with van der Waals surface area (Å²) in [6.07, 6.45) is 0. The third kappa shape index (κ3) is 3.00. The summed E-state index contributed by atoms with van der Waals surface area (Å²) in [4.78, 5) is 27.3. The molecule has 0 saturated heterocycles. The fourth-order valence-corrected chi connectivity index (χ4v) is 3.49. The first kappa shape index (κ1) is 18.1. The van der Waals surface area contributed by atoms with Gasteiger partial charge in [0.15, 0.2) is 17.2 Å². The van der Waals surface area contributed by atoms with Crippen molar-refractivity contribution in [3.05, 3.63) is 71.3 Å². The van der Waals surface area contributed by atoms with Gasteiger partial charge in [-0.3, -0.25) is 9.59 Å². The Morgan fingerprint density at radius 3 is 2.57 bits per heavy atom. The van der Waals surface area contributed by atoms with Crippen molar-refractivity contribution in [2.24, 2.45) is 0 Å². The first-order valence-corrected chi connectivity index (χ1v) is 9.41. The molecule has 3 aromatic carbocycles. The van der Waals surface area contributed by atoms with E-state index in [1.165, 1.54) is 0 Å². The van der Waals surface area contributed by atoms with Crippen molar-refractivity contribution in [3.63, 3.8) is 0 Å². The predicted molar refractivity (Wildman–Crippen MR) is 111 cm³/mol. The van der Waals surface area contributed by atoms with Crippen LogP contribution < -0.4 is 24.4 Å². The highest BCUT2D eigenvalue weighted by Gasteiger charge is 2.26. The summed E-state index contributed by atoms with van der Waals surface area (Å²) in [7, 11) is 1.71. The van der Waals surface area contributed by atoms with E-state index in [2.05, 4.69) is 5.32 Å². The molecule has 2 amide bonds. The number of fused-ring (bicyclic) bond motifs is 3. The quantitative estimate of drug-likeness (QED) is 0.689. The van der Waals surface area contributed by atoms with Gasteiger partial charge in [-0.05, 0) is 61.0 Å². The zero-order valence-corrected chi connectivity index (χ0v) is 16.4. The van der Waals surface area contributed by atoms with Gasteiger partial charge in [-0.25, -0.2) is 0 Å². The van der Waals surface area contributed by atoms with E-state index in [4.69, 9.17) is 14.2 Å². The molecule has 3 aromatic rings. The lowest BCUT2D eigenvalue weighted by Crippen LogP contribution is -2.25. The number of hydrogen-bond acceptors (Lipinski definition) is 5. The second-order valence-corrected chi connectivity index (χ2v) is 7.17. The molecule has 7 nitrogen and oxygen atoms in total. The minimum Gasteiger partial charge on any atom is -0.454 e. The number of amides is 2. The number of anilines is 2. The van der Waals surface area contributed by atoms with Gasteiger partial charge in [-0.2, -0.15) is 0 Å². The maximum atomic E-state index is 13.0. The fourth-order valence-electron chi connectivity index (χ4n) is 3.49. The van der Waals surface area contributed by atoms with E-state index in [0.29, 0.717) is 45.5 Å². The first-order valence-electron chi connectivity index (χ1n) is 9.41. The van der Waals surface area contributed by atoms with Gasteiger partial charge in [-0.1, -0.05) is 6.07 Å². The molecule has 0 aromatic heterocycles. The van der Waals surface area contributed by atoms with E-state index in [1.54, 1.807) is 48.3 Å². The van der Waals surface area contributed by atoms with Crippen LogP contribution in [0.25, 0.3) is 0 Å². The normalized spacial score (nSPS) is 13.8. The van der Waals surface area contributed by atoms with E-state index in [-0.39, 0.29) is 18.6 Å². The molecule has 5 rings (SSSR count). The van der Waals surface area contributed by atoms with Crippen molar-refractivity contribution in [2.45, 2.75) is 6.92 Å². The molecule has 0 radical (unpaired) electrons. The number of carbonyl (C=O) groups is 2. The first-order chi connectivity index (χ1) is 14.5. The number of carbonyl (C=O) groups excluding carboxylic acids is 2. The largest absolute Gasteiger partial charge is 0.454 e. The van der Waals surface area contributed by atoms with Gasteiger partial charge in [-0.15, -0.1) is 0 Å². The molecule has 0 bridgehead atoms. The van der Waals surface area contributed by atoms with Crippen molar-refractivity contribution in [3.8, 4) is 23.0 Å². The van der Waals surface area contributed by atoms with Crippen molar-refractivity contribution < 1.29 is 23.8 Å². The van der Waals surface area contributed by atoms with Crippen LogP contribution in [0.15, 0.2) is 54.6 Å². The van der Waals surface area contributed by atoms with Crippen LogP contribution in [0.1, 0.15) is 26.3 Å². The van der Waals surface area contributed by atoms with Crippen molar-refractivity contribution in [1.29, 1.82) is 0 Å². The highest BCUT2D eigenvalue weighted by atomic mass is 16.7. The Morgan fingerprint density at radius 1 is 0.933 bits per heavy atom. The highest BCUT2D eigenvalue weighted by molar-refractivity contribution is 6.11. The van der Waals surface area contributed by atoms with Crippen LogP contribution in [0.2, 0.25) is 0 Å². The lowest BCUT2D eigenvalue weighted by molar-refractivity contribution is 0.0990. The zero-order chi connectivity index (χ0) is 20.8. The molecule has 2 heterocycles. The number of aryl methyl sites for hydroxylation is 1. The molecule has 7 heteroatoms. The van der Waals surface area contributed by atoms with Crippen LogP contribution in [0.4, 0.5) is 11.4 Å². The molecule has 0 saturated carbocycles. The van der Waals surface area contributed by atoms with Gasteiger partial charge in [0.2, 0.25) is 6.79 Å². The Hall–Kier alpha value is -4.00. The number of hydrogen-bond donors (Lipinski definition) is 1. The predicted octanol–water partition coefficient (Wildman–Crippen LogP) is 4.36. The molecule has 0 fully saturated rings. The zero-order valence-electron chi connectivity index (χ0n) is 16.4. The van der Waals surface area contributed by atoms with Crippen LogP contribution in [-0.2, 0) is 0 Å². The molecule has 30 heavy (non-hydrogen) atoms. The maximum Gasteiger partial charge on any atom is 0.261 e. The SMILES string of the molecule is Cc1ccc2c(c1)N(C)C(=O)c1cc(NC(=O)c3ccc4c(c3)OCO4)ccc1O2. The van der Waals surface area contributed by atoms with Gasteiger partial charge in [0.05, 0.1) is 11.3 Å². The second kappa shape index (κ2) is 6.81. The Labute approximate surface area is 172 Å². The van der Waals surface area contributed by atoms with E-state index in [0.717, 1.165) is 5.56 Å². The van der Waals surface area contributed by atoms with Gasteiger partial charge in [0.1, 0.15) is 5.75 Å². The fraction of sp³-hybridized carbons (Fsp3) is 0.130. The Kier molecular flexibility index (Phi) is 4.10. The lowest BCUT2D eigenvalue weighted by atomic mass is 10.1. The van der Waals surface area contributed by atoms with Gasteiger partial charge < -0.3 is 24.4 Å². The summed E-state index contributed by atoms with van der Waals surface area (Å²) in [6, 6.07) is 15.7. The Morgan fingerprint density at radius 2 is 1.70 bits per heavy atom. The van der Waals surface area contributed by atoms with Crippen LogP contribution in [-0.4, -0.2) is 25.7 Å². The lowest BCUT2D eigenvalue weighted by Gasteiger charge is -2.16. The van der Waals surface area contributed by atoms with Crippen LogP contribution >= 0.6 is 0 Å². The molecule has 2 aliphatic rings. The summed E-state index contributed by atoms with van der Waals surface area (Å²) in [5.74, 6) is 1.65. The topological polar surface area (TPSA) is 77.1 Å². The van der Waals surface area contributed by atoms with E-state index in [9.17, 15) is 9.59 Å². The minimum atomic E-state index is -0.317. The van der Waals surface area contributed by atoms with Crippen molar-refractivity contribution in [1.82, 2.24) is 0 Å². The number of rotatable bonds is 2. The van der Waals surface area contributed by atoms with Crippen LogP contribution in [0, 0.1) is 6.92 Å². The summed E-state index contributed by atoms with van der Waals surface area (Å²) < 4.78 is 16.6. The van der Waals surface area contributed by atoms with Crippen LogP contribution in [0.3, 0.4) is 0 Å². The minimum absolute atomic E-state index is 0.142. The van der Waals surface area contributed by atoms with Crippen molar-refractivity contribution >= 4 is 23.2 Å². The van der Waals surface area contributed by atoms with Crippen LogP contribution in [0.5, 0.6) is 23.0 Å². The van der Waals surface area contributed by atoms with E-state index >= 15 is 0 Å². The Balaban J connectivity index is 1.44. The number of ether oxygens (including phenoxy) is 3. The molecular formula is C23H18N2O5. The third-order valence-electron chi connectivity index (χ3n) is 5.10. The van der Waals surface area contributed by atoms with Gasteiger partial charge >= 0.3 is 0 Å². The molecular weight excluding hydrogens is 384 g/mol. The molecule has 150 valence electrons. The molecule has 1 N–H and O–H groups in total. The summed E-state index contributed by atoms with van der Waals surface area (Å²) in [5.41, 5.74) is 3.01. The van der Waals surface area contributed by atoms with Crippen molar-refractivity contribution in [2.75, 3.05) is 24.1 Å². The van der Waals surface area contributed by atoms with Gasteiger partial charge in [0.25, 0.3) is 11.8 Å². The standard InChI is InChI=1S/C23H18N2O5/c1-13-3-6-19-17(9-13)25(2)23(27)16-11-15(5-8-18(16)30-19)24-22(26)14-4-7-20-21(10-14)29-12-28-20/h3-11H,12H2,1-2H3,(H,24,26). The molecule has 0 aliphatic carbocycles. The summed E-state index contributed by atoms with van der Waals surface area (Å²) >= 11 is 0. The molecule has 0 spiro atoms. The maximum absolute atomic E-state index is 13.0. The molecule has 0 unspecified atom stereocenters. The Bertz CT molecular complexity index is 1200. The average molecular weight is 402 g/mol. The third-order valence-corrected chi connectivity index (χ3v) is 5.10. The summed E-state index contributed by atoms with van der Waals surface area (Å²) in [5, 5.41) is 2.82. The monoisotopic (exact) mass is 402 g/mol. The highest BCUT2D eigenvalue weighted by Crippen LogP contribution is 2.39. The molecule has 2 aliphatic heterocycles. The number of nitrogens with zero attached hydrogens (tertiary/aromatic N) is 1.